The lowest BCUT2D eigenvalue weighted by atomic mass is 10.1. The van der Waals surface area contributed by atoms with E-state index in [0.717, 1.165) is 32.1 Å². The molecule has 1 aliphatic heterocycles. The zero-order chi connectivity index (χ0) is 21.1. The summed E-state index contributed by atoms with van der Waals surface area (Å²) in [7, 11) is 0. The van der Waals surface area contributed by atoms with Crippen LogP contribution in [0.4, 0.5) is 0 Å². The van der Waals surface area contributed by atoms with E-state index in [0.29, 0.717) is 23.2 Å². The van der Waals surface area contributed by atoms with E-state index in [1.54, 1.807) is 24.3 Å². The van der Waals surface area contributed by atoms with E-state index >= 15 is 0 Å². The highest BCUT2D eigenvalue weighted by atomic mass is 16.7. The molecule has 7 nitrogen and oxygen atoms in total. The Morgan fingerprint density at radius 2 is 1.70 bits per heavy atom. The Morgan fingerprint density at radius 1 is 1.03 bits per heavy atom. The molecule has 0 atom stereocenters. The van der Waals surface area contributed by atoms with Gasteiger partial charge in [0.05, 0.1) is 23.8 Å². The molecule has 4 rings (SSSR count). The van der Waals surface area contributed by atoms with Crippen LogP contribution in [0.2, 0.25) is 0 Å². The van der Waals surface area contributed by atoms with Crippen LogP contribution in [0.15, 0.2) is 42.5 Å². The second-order valence-electron chi connectivity index (χ2n) is 7.36. The molecule has 2 aromatic carbocycles. The number of rotatable bonds is 7. The number of nitrogens with zero attached hydrogens (tertiary/aromatic N) is 1. The average Bonchev–Trinajstić information content (AvgIpc) is 3.35. The Hall–Kier alpha value is -3.35. The van der Waals surface area contributed by atoms with Crippen molar-refractivity contribution in [2.24, 2.45) is 0 Å². The number of hydrogen-bond donors (Lipinski definition) is 0. The van der Waals surface area contributed by atoms with Gasteiger partial charge in [-0.25, -0.2) is 4.79 Å². The Balaban J connectivity index is 1.57. The van der Waals surface area contributed by atoms with Gasteiger partial charge in [0, 0.05) is 6.07 Å². The fourth-order valence-electron chi connectivity index (χ4n) is 3.65. The first-order valence-corrected chi connectivity index (χ1v) is 10.2. The third-order valence-electron chi connectivity index (χ3n) is 5.17. The number of benzene rings is 2. The molecule has 2 aliphatic rings. The third kappa shape index (κ3) is 3.87. The second-order valence-corrected chi connectivity index (χ2v) is 7.36. The van der Waals surface area contributed by atoms with Gasteiger partial charge in [-0.15, -0.1) is 0 Å². The first-order valence-electron chi connectivity index (χ1n) is 10.2. The van der Waals surface area contributed by atoms with E-state index in [4.69, 9.17) is 14.3 Å². The molecule has 7 heteroatoms. The summed E-state index contributed by atoms with van der Waals surface area (Å²) < 4.78 is 11.7. The van der Waals surface area contributed by atoms with Crippen LogP contribution in [0.5, 0.6) is 11.5 Å². The molecule has 0 N–H and O–H groups in total. The van der Waals surface area contributed by atoms with Crippen molar-refractivity contribution >= 4 is 17.8 Å². The topological polar surface area (TPSA) is 82.1 Å². The normalized spacial score (nSPS) is 16.0. The van der Waals surface area contributed by atoms with Crippen molar-refractivity contribution in [3.8, 4) is 11.5 Å². The van der Waals surface area contributed by atoms with Crippen molar-refractivity contribution in [1.29, 1.82) is 0 Å². The highest BCUT2D eigenvalue weighted by Gasteiger charge is 2.39. The summed E-state index contributed by atoms with van der Waals surface area (Å²) in [6, 6.07) is 11.2. The number of fused-ring (bicyclic) bond motifs is 1. The van der Waals surface area contributed by atoms with Crippen molar-refractivity contribution in [1.82, 2.24) is 5.06 Å². The largest absolute Gasteiger partial charge is 0.493 e. The minimum atomic E-state index is -0.834. The lowest BCUT2D eigenvalue weighted by Crippen LogP contribution is -2.33. The molecule has 0 unspecified atom stereocenters. The number of imide groups is 1. The van der Waals surface area contributed by atoms with Crippen molar-refractivity contribution in [2.45, 2.75) is 45.1 Å². The van der Waals surface area contributed by atoms with Gasteiger partial charge in [0.25, 0.3) is 11.8 Å². The molecule has 1 aliphatic carbocycles. The maximum Gasteiger partial charge on any atom is 0.367 e. The summed E-state index contributed by atoms with van der Waals surface area (Å²) in [6.07, 6.45) is 4.83. The van der Waals surface area contributed by atoms with Gasteiger partial charge < -0.3 is 14.3 Å². The van der Waals surface area contributed by atoms with E-state index in [-0.39, 0.29) is 22.8 Å². The minimum absolute atomic E-state index is 0.0114. The number of ether oxygens (including phenoxy) is 2. The number of hydroxylamine groups is 2. The van der Waals surface area contributed by atoms with E-state index in [1.165, 1.54) is 18.2 Å². The molecule has 30 heavy (non-hydrogen) atoms. The van der Waals surface area contributed by atoms with Crippen LogP contribution in [0, 0.1) is 0 Å². The smallest absolute Gasteiger partial charge is 0.367 e. The lowest BCUT2D eigenvalue weighted by molar-refractivity contribution is -0.0587. The van der Waals surface area contributed by atoms with Gasteiger partial charge in [0.1, 0.15) is 17.1 Å². The lowest BCUT2D eigenvalue weighted by Gasteiger charge is -2.18. The van der Waals surface area contributed by atoms with Crippen molar-refractivity contribution in [2.75, 3.05) is 6.61 Å². The molecule has 156 valence electrons. The zero-order valence-corrected chi connectivity index (χ0v) is 16.8. The summed E-state index contributed by atoms with van der Waals surface area (Å²) >= 11 is 0. The zero-order valence-electron chi connectivity index (χ0n) is 16.8. The molecule has 1 fully saturated rings. The molecule has 2 aromatic rings. The number of amides is 2. The fraction of sp³-hybridized carbons (Fsp3) is 0.348. The number of carbonyl (C=O) groups excluding carboxylic acids is 3. The number of hydrogen-bond acceptors (Lipinski definition) is 6. The highest BCUT2D eigenvalue weighted by Crippen LogP contribution is 2.31. The van der Waals surface area contributed by atoms with Crippen molar-refractivity contribution in [3.63, 3.8) is 0 Å². The van der Waals surface area contributed by atoms with Crippen LogP contribution >= 0.6 is 0 Å². The SMILES string of the molecule is CCCOc1ccc(C(=O)ON2C(=O)c3ccccc3C2=O)c(OC2CCCC2)c1. The van der Waals surface area contributed by atoms with Gasteiger partial charge in [0.15, 0.2) is 0 Å². The molecule has 1 saturated carbocycles. The standard InChI is InChI=1S/C23H23NO6/c1-2-13-28-16-11-12-19(20(14-16)29-15-7-3-4-8-15)23(27)30-24-21(25)17-9-5-6-10-18(17)22(24)26/h5-6,9-12,14-15H,2-4,7-8,13H2,1H3. The summed E-state index contributed by atoms with van der Waals surface area (Å²) in [6.45, 7) is 2.55. The Morgan fingerprint density at radius 3 is 2.33 bits per heavy atom. The molecular formula is C23H23NO6. The Kier molecular flexibility index (Phi) is 5.70. The third-order valence-corrected chi connectivity index (χ3v) is 5.17. The van der Waals surface area contributed by atoms with Gasteiger partial charge in [-0.3, -0.25) is 9.59 Å². The van der Waals surface area contributed by atoms with Crippen LogP contribution in [0.1, 0.15) is 70.1 Å². The van der Waals surface area contributed by atoms with Gasteiger partial charge in [-0.1, -0.05) is 24.1 Å². The Labute approximate surface area is 174 Å². The van der Waals surface area contributed by atoms with Crippen LogP contribution in [-0.4, -0.2) is 35.6 Å². The van der Waals surface area contributed by atoms with Gasteiger partial charge >= 0.3 is 5.97 Å². The summed E-state index contributed by atoms with van der Waals surface area (Å²) in [5.74, 6) is -1.24. The molecule has 2 amide bonds. The maximum absolute atomic E-state index is 12.9. The molecule has 0 spiro atoms. The van der Waals surface area contributed by atoms with E-state index in [9.17, 15) is 14.4 Å². The molecule has 0 radical (unpaired) electrons. The molecular weight excluding hydrogens is 386 g/mol. The number of carbonyl (C=O) groups is 3. The predicted octanol–water partition coefficient (Wildman–Crippen LogP) is 4.16. The van der Waals surface area contributed by atoms with Crippen LogP contribution < -0.4 is 9.47 Å². The van der Waals surface area contributed by atoms with Crippen LogP contribution in [-0.2, 0) is 4.84 Å². The quantitative estimate of drug-likeness (QED) is 0.639. The van der Waals surface area contributed by atoms with Gasteiger partial charge in [-0.2, -0.15) is 0 Å². The second kappa shape index (κ2) is 8.57. The summed E-state index contributed by atoms with van der Waals surface area (Å²) in [5, 5.41) is 0.508. The van der Waals surface area contributed by atoms with E-state index in [1.807, 2.05) is 6.92 Å². The van der Waals surface area contributed by atoms with Gasteiger partial charge in [0.2, 0.25) is 0 Å². The summed E-state index contributed by atoms with van der Waals surface area (Å²) in [5.41, 5.74) is 0.560. The molecule has 0 bridgehead atoms. The first kappa shape index (κ1) is 19.9. The van der Waals surface area contributed by atoms with E-state index in [2.05, 4.69) is 0 Å². The monoisotopic (exact) mass is 409 g/mol. The van der Waals surface area contributed by atoms with Crippen LogP contribution in [0.25, 0.3) is 0 Å². The maximum atomic E-state index is 12.9. The van der Waals surface area contributed by atoms with Gasteiger partial charge in [-0.05, 0) is 56.4 Å². The highest BCUT2D eigenvalue weighted by molar-refractivity contribution is 6.21. The predicted molar refractivity (Wildman–Crippen MR) is 107 cm³/mol. The molecule has 0 aromatic heterocycles. The van der Waals surface area contributed by atoms with Crippen LogP contribution in [0.3, 0.4) is 0 Å². The average molecular weight is 409 g/mol. The first-order chi connectivity index (χ1) is 14.6. The Bertz CT molecular complexity index is 944. The minimum Gasteiger partial charge on any atom is -0.493 e. The van der Waals surface area contributed by atoms with Crippen molar-refractivity contribution in [3.05, 3.63) is 59.2 Å². The molecule has 0 saturated heterocycles. The fourth-order valence-corrected chi connectivity index (χ4v) is 3.65. The van der Waals surface area contributed by atoms with E-state index < -0.39 is 17.8 Å². The summed E-state index contributed by atoms with van der Waals surface area (Å²) in [4.78, 5) is 43.1. The van der Waals surface area contributed by atoms with Crippen molar-refractivity contribution < 1.29 is 28.7 Å². The molecule has 1 heterocycles.